The molecule has 7 nitrogen and oxygen atoms in total. The molecule has 2 N–H and O–H groups in total. The summed E-state index contributed by atoms with van der Waals surface area (Å²) >= 11 is 0. The lowest BCUT2D eigenvalue weighted by atomic mass is 10.1. The van der Waals surface area contributed by atoms with Gasteiger partial charge in [-0.15, -0.1) is 0 Å². The van der Waals surface area contributed by atoms with Crippen molar-refractivity contribution in [3.05, 3.63) is 51.9 Å². The third-order valence-corrected chi connectivity index (χ3v) is 3.05. The van der Waals surface area contributed by atoms with Crippen LogP contribution in [0.1, 0.15) is 16.1 Å². The van der Waals surface area contributed by atoms with E-state index in [0.717, 1.165) is 0 Å². The highest BCUT2D eigenvalue weighted by molar-refractivity contribution is 5.89. The molecule has 0 saturated carbocycles. The molecule has 1 aromatic carbocycles. The van der Waals surface area contributed by atoms with Crippen molar-refractivity contribution in [2.45, 2.75) is 6.92 Å². The maximum absolute atomic E-state index is 11.8. The average Bonchev–Trinajstić information content (AvgIpc) is 2.83. The van der Waals surface area contributed by atoms with E-state index in [4.69, 9.17) is 0 Å². The molecular weight excluding hydrogens is 260 g/mol. The van der Waals surface area contributed by atoms with Crippen LogP contribution in [0.3, 0.4) is 0 Å². The summed E-state index contributed by atoms with van der Waals surface area (Å²) in [7, 11) is 0. The maximum atomic E-state index is 11.8. The molecule has 7 heteroatoms. The number of carbonyl (C=O) groups is 1. The minimum Gasteiger partial charge on any atom is -0.476 e. The van der Waals surface area contributed by atoms with Gasteiger partial charge in [-0.1, -0.05) is 18.2 Å². The normalized spacial score (nSPS) is 10.8. The Bertz CT molecular complexity index is 820. The fourth-order valence-corrected chi connectivity index (χ4v) is 2.10. The largest absolute Gasteiger partial charge is 0.476 e. The van der Waals surface area contributed by atoms with Crippen LogP contribution in [0.5, 0.6) is 0 Å². The fraction of sp³-hybridized carbons (Fsp3) is 0.0769. The van der Waals surface area contributed by atoms with Crippen LogP contribution >= 0.6 is 0 Å². The van der Waals surface area contributed by atoms with Crippen LogP contribution in [0.15, 0.2) is 35.1 Å². The molecule has 2 aliphatic rings. The minimum absolute atomic E-state index is 0.167. The molecule has 0 radical (unpaired) electrons. The topological polar surface area (TPSA) is 101 Å². The second-order valence-electron chi connectivity index (χ2n) is 4.28. The quantitative estimate of drug-likeness (QED) is 0.725. The average molecular weight is 270 g/mol. The van der Waals surface area contributed by atoms with E-state index in [1.54, 1.807) is 31.2 Å². The fourth-order valence-electron chi connectivity index (χ4n) is 2.10. The second kappa shape index (κ2) is 4.30. The Kier molecular flexibility index (Phi) is 2.60. The van der Waals surface area contributed by atoms with Gasteiger partial charge < -0.3 is 5.11 Å². The first-order valence-corrected chi connectivity index (χ1v) is 5.86. The zero-order valence-electron chi connectivity index (χ0n) is 10.5. The number of para-hydroxylation sites is 1. The van der Waals surface area contributed by atoms with E-state index in [2.05, 4.69) is 15.3 Å². The molecule has 0 unspecified atom stereocenters. The van der Waals surface area contributed by atoms with Crippen molar-refractivity contribution >= 4 is 5.97 Å². The number of benzene rings is 1. The monoisotopic (exact) mass is 270 g/mol. The number of carboxylic acid groups (broad SMARTS) is 1. The standard InChI is InChI=1S/C13H10N4O3/c1-7-9-11(14-15-12(9)18)17(16-10(7)13(19)20)8-5-3-2-4-6-8/h2-6H,1H3,(H,15,18)(H,19,20). The van der Waals surface area contributed by atoms with Crippen LogP contribution in [0, 0.1) is 6.92 Å². The number of aromatic carboxylic acids is 1. The van der Waals surface area contributed by atoms with Gasteiger partial charge in [0.05, 0.1) is 11.3 Å². The van der Waals surface area contributed by atoms with E-state index in [1.165, 1.54) is 4.68 Å². The van der Waals surface area contributed by atoms with Crippen LogP contribution in [0.25, 0.3) is 17.1 Å². The first-order valence-electron chi connectivity index (χ1n) is 5.86. The smallest absolute Gasteiger partial charge is 0.356 e. The van der Waals surface area contributed by atoms with E-state index in [-0.39, 0.29) is 11.3 Å². The molecule has 0 saturated heterocycles. The number of hydrogen-bond donors (Lipinski definition) is 2. The second-order valence-corrected chi connectivity index (χ2v) is 4.28. The summed E-state index contributed by atoms with van der Waals surface area (Å²) in [6.07, 6.45) is 0. The Morgan fingerprint density at radius 1 is 1.30 bits per heavy atom. The van der Waals surface area contributed by atoms with Crippen molar-refractivity contribution < 1.29 is 9.90 Å². The summed E-state index contributed by atoms with van der Waals surface area (Å²) in [6.45, 7) is 1.55. The number of rotatable bonds is 2. The van der Waals surface area contributed by atoms with Crippen molar-refractivity contribution in [3.63, 3.8) is 0 Å². The van der Waals surface area contributed by atoms with Crippen LogP contribution in [0.4, 0.5) is 0 Å². The molecule has 2 aliphatic heterocycles. The van der Waals surface area contributed by atoms with Gasteiger partial charge >= 0.3 is 5.97 Å². The predicted octanol–water partition coefficient (Wildman–Crippen LogP) is 1.07. The lowest BCUT2D eigenvalue weighted by molar-refractivity contribution is 0.0687. The number of carboxylic acids is 1. The van der Waals surface area contributed by atoms with Gasteiger partial charge in [-0.05, 0) is 19.1 Å². The third kappa shape index (κ3) is 1.68. The Hall–Kier alpha value is -2.96. The number of nitrogens with zero attached hydrogens (tertiary/aromatic N) is 3. The van der Waals surface area contributed by atoms with Crippen molar-refractivity contribution in [2.75, 3.05) is 0 Å². The first-order chi connectivity index (χ1) is 9.59. The summed E-state index contributed by atoms with van der Waals surface area (Å²) in [4.78, 5) is 23.1. The highest BCUT2D eigenvalue weighted by atomic mass is 16.4. The first kappa shape index (κ1) is 12.1. The van der Waals surface area contributed by atoms with Crippen LogP contribution in [-0.4, -0.2) is 31.1 Å². The van der Waals surface area contributed by atoms with Gasteiger partial charge in [-0.2, -0.15) is 10.2 Å². The lowest BCUT2D eigenvalue weighted by Gasteiger charge is -2.12. The van der Waals surface area contributed by atoms with Gasteiger partial charge in [-0.25, -0.2) is 14.6 Å². The zero-order valence-corrected chi connectivity index (χ0v) is 10.5. The molecule has 100 valence electrons. The van der Waals surface area contributed by atoms with Crippen molar-refractivity contribution in [2.24, 2.45) is 0 Å². The molecular formula is C13H10N4O3. The van der Waals surface area contributed by atoms with E-state index >= 15 is 0 Å². The van der Waals surface area contributed by atoms with E-state index < -0.39 is 11.5 Å². The summed E-state index contributed by atoms with van der Waals surface area (Å²) in [5.41, 5.74) is 0.582. The van der Waals surface area contributed by atoms with Gasteiger partial charge in [0.15, 0.2) is 11.5 Å². The highest BCUT2D eigenvalue weighted by Crippen LogP contribution is 2.23. The molecule has 20 heavy (non-hydrogen) atoms. The molecule has 0 aliphatic carbocycles. The summed E-state index contributed by atoms with van der Waals surface area (Å²) in [6, 6.07) is 8.93. The molecule has 0 fully saturated rings. The number of aromatic nitrogens is 4. The number of fused-ring (bicyclic) bond motifs is 1. The van der Waals surface area contributed by atoms with Gasteiger partial charge in [-0.3, -0.25) is 4.79 Å². The Morgan fingerprint density at radius 2 is 2.00 bits per heavy atom. The molecule has 1 aromatic rings. The van der Waals surface area contributed by atoms with Gasteiger partial charge in [0.25, 0.3) is 5.56 Å². The zero-order chi connectivity index (χ0) is 14.3. The van der Waals surface area contributed by atoms with Crippen LogP contribution in [0.2, 0.25) is 0 Å². The molecule has 0 spiro atoms. The summed E-state index contributed by atoms with van der Waals surface area (Å²) in [5, 5.41) is 19.6. The molecule has 0 bridgehead atoms. The molecule has 0 amide bonds. The maximum Gasteiger partial charge on any atom is 0.356 e. The van der Waals surface area contributed by atoms with Crippen LogP contribution < -0.4 is 5.56 Å². The highest BCUT2D eigenvalue weighted by Gasteiger charge is 2.24. The summed E-state index contributed by atoms with van der Waals surface area (Å²) < 4.78 is 1.35. The van der Waals surface area contributed by atoms with Gasteiger partial charge in [0.1, 0.15) is 0 Å². The molecule has 2 heterocycles. The number of H-pyrrole nitrogens is 1. The lowest BCUT2D eigenvalue weighted by Crippen LogP contribution is -2.17. The van der Waals surface area contributed by atoms with E-state index in [9.17, 15) is 14.7 Å². The Morgan fingerprint density at radius 3 is 2.65 bits per heavy atom. The van der Waals surface area contributed by atoms with Crippen LogP contribution in [-0.2, 0) is 0 Å². The van der Waals surface area contributed by atoms with E-state index in [1.807, 2.05) is 6.07 Å². The molecule has 0 aromatic heterocycles. The minimum atomic E-state index is -1.19. The molecule has 3 rings (SSSR count). The number of hydrogen-bond acceptors (Lipinski definition) is 4. The Labute approximate surface area is 112 Å². The SMILES string of the molecule is Cc1c(C(=O)O)nn(-c2ccccc2)c2n[nH]c(=O)c1-2. The Balaban J connectivity index is 2.41. The summed E-state index contributed by atoms with van der Waals surface area (Å²) in [5.74, 6) is -0.876. The van der Waals surface area contributed by atoms with Crippen molar-refractivity contribution in [3.8, 4) is 17.1 Å². The number of aromatic amines is 1. The van der Waals surface area contributed by atoms with Crippen molar-refractivity contribution in [1.29, 1.82) is 0 Å². The van der Waals surface area contributed by atoms with Gasteiger partial charge in [0.2, 0.25) is 0 Å². The predicted molar refractivity (Wildman–Crippen MR) is 70.3 cm³/mol. The van der Waals surface area contributed by atoms with Crippen molar-refractivity contribution in [1.82, 2.24) is 20.0 Å². The number of nitrogens with one attached hydrogen (secondary N) is 1. The van der Waals surface area contributed by atoms with E-state index in [0.29, 0.717) is 17.1 Å². The third-order valence-electron chi connectivity index (χ3n) is 3.05. The van der Waals surface area contributed by atoms with Gasteiger partial charge in [0, 0.05) is 5.56 Å². The molecule has 0 atom stereocenters.